The van der Waals surface area contributed by atoms with Crippen molar-refractivity contribution in [3.63, 3.8) is 0 Å². The van der Waals surface area contributed by atoms with Crippen molar-refractivity contribution in [2.24, 2.45) is 5.92 Å². The number of rotatable bonds is 3. The van der Waals surface area contributed by atoms with Gasteiger partial charge < -0.3 is 19.8 Å². The Morgan fingerprint density at radius 3 is 2.67 bits per heavy atom. The molecule has 1 aromatic rings. The summed E-state index contributed by atoms with van der Waals surface area (Å²) < 4.78 is 5.15. The summed E-state index contributed by atoms with van der Waals surface area (Å²) in [6, 6.07) is 9.41. The summed E-state index contributed by atoms with van der Waals surface area (Å²) in [5, 5.41) is 18.6. The van der Waals surface area contributed by atoms with E-state index in [1.165, 1.54) is 4.90 Å². The van der Waals surface area contributed by atoms with E-state index in [0.29, 0.717) is 6.54 Å². The molecule has 1 saturated heterocycles. The van der Waals surface area contributed by atoms with Crippen molar-refractivity contribution in [1.82, 2.24) is 4.90 Å². The minimum absolute atomic E-state index is 0.121. The van der Waals surface area contributed by atoms with Gasteiger partial charge in [-0.3, -0.25) is 0 Å². The summed E-state index contributed by atoms with van der Waals surface area (Å²) in [4.78, 5) is 13.2. The van der Waals surface area contributed by atoms with E-state index in [9.17, 15) is 9.90 Å². The fourth-order valence-electron chi connectivity index (χ4n) is 1.99. The number of nitrogens with zero attached hydrogens (tertiary/aromatic N) is 1. The first-order valence-electron chi connectivity index (χ1n) is 5.95. The summed E-state index contributed by atoms with van der Waals surface area (Å²) in [5.74, 6) is -0.269. The number of aliphatic hydroxyl groups excluding tert-OH is 2. The second-order valence-corrected chi connectivity index (χ2v) is 4.46. The Bertz CT molecular complexity index is 395. The molecular formula is C13H17NO4. The van der Waals surface area contributed by atoms with Crippen LogP contribution in [0.15, 0.2) is 30.3 Å². The molecule has 0 aliphatic carbocycles. The van der Waals surface area contributed by atoms with Gasteiger partial charge in [0, 0.05) is 12.5 Å². The molecule has 0 spiro atoms. The number of β-amino-alcohol motifs (C(OH)–C–C–N with tert-alkyl or cyclic N) is 1. The van der Waals surface area contributed by atoms with Crippen LogP contribution in [0.2, 0.25) is 0 Å². The maximum absolute atomic E-state index is 11.7. The number of carbonyl (C=O) groups excluding carboxylic acids is 1. The summed E-state index contributed by atoms with van der Waals surface area (Å²) >= 11 is 0. The van der Waals surface area contributed by atoms with Gasteiger partial charge in [0.25, 0.3) is 0 Å². The molecule has 0 saturated carbocycles. The molecule has 1 heterocycles. The van der Waals surface area contributed by atoms with E-state index in [4.69, 9.17) is 9.84 Å². The van der Waals surface area contributed by atoms with E-state index < -0.39 is 12.2 Å². The normalized spacial score (nSPS) is 23.1. The molecule has 2 atom stereocenters. The van der Waals surface area contributed by atoms with Crippen LogP contribution in [0.1, 0.15) is 5.56 Å². The lowest BCUT2D eigenvalue weighted by molar-refractivity contribution is 0.0940. The van der Waals surface area contributed by atoms with Gasteiger partial charge in [0.1, 0.15) is 6.61 Å². The van der Waals surface area contributed by atoms with Crippen LogP contribution in [0.3, 0.4) is 0 Å². The third-order valence-corrected chi connectivity index (χ3v) is 3.10. The highest BCUT2D eigenvalue weighted by molar-refractivity contribution is 5.68. The number of hydrogen-bond donors (Lipinski definition) is 2. The number of benzene rings is 1. The standard InChI is InChI=1S/C13H17NO4/c15-8-11-6-14(7-12(11)16)13(17)18-9-10-4-2-1-3-5-10/h1-5,11-12,15-16H,6-9H2/t11-,12-/m1/s1. The van der Waals surface area contributed by atoms with Crippen molar-refractivity contribution < 1.29 is 19.7 Å². The average molecular weight is 251 g/mol. The van der Waals surface area contributed by atoms with Crippen molar-refractivity contribution in [2.45, 2.75) is 12.7 Å². The Hall–Kier alpha value is -1.59. The highest BCUT2D eigenvalue weighted by atomic mass is 16.6. The Morgan fingerprint density at radius 2 is 2.06 bits per heavy atom. The van der Waals surface area contributed by atoms with Crippen LogP contribution in [-0.2, 0) is 11.3 Å². The molecule has 18 heavy (non-hydrogen) atoms. The minimum atomic E-state index is -0.667. The Kier molecular flexibility index (Phi) is 4.17. The second kappa shape index (κ2) is 5.84. The van der Waals surface area contributed by atoms with Crippen LogP contribution < -0.4 is 0 Å². The minimum Gasteiger partial charge on any atom is -0.445 e. The van der Waals surface area contributed by atoms with E-state index in [1.807, 2.05) is 30.3 Å². The summed E-state index contributed by atoms with van der Waals surface area (Å²) in [6.45, 7) is 0.657. The number of likely N-dealkylation sites (tertiary alicyclic amines) is 1. The van der Waals surface area contributed by atoms with Crippen LogP contribution in [0, 0.1) is 5.92 Å². The number of amides is 1. The van der Waals surface area contributed by atoms with Gasteiger partial charge in [-0.1, -0.05) is 30.3 Å². The molecule has 1 aromatic carbocycles. The maximum atomic E-state index is 11.7. The van der Waals surface area contributed by atoms with Crippen LogP contribution in [0.25, 0.3) is 0 Å². The molecule has 0 aromatic heterocycles. The quantitative estimate of drug-likeness (QED) is 0.825. The zero-order chi connectivity index (χ0) is 13.0. The first kappa shape index (κ1) is 12.9. The molecule has 0 radical (unpaired) electrons. The van der Waals surface area contributed by atoms with Crippen molar-refractivity contribution in [3.8, 4) is 0 Å². The number of carbonyl (C=O) groups is 1. The first-order valence-corrected chi connectivity index (χ1v) is 5.95. The smallest absolute Gasteiger partial charge is 0.410 e. The number of hydrogen-bond acceptors (Lipinski definition) is 4. The predicted molar refractivity (Wildman–Crippen MR) is 64.8 cm³/mol. The largest absolute Gasteiger partial charge is 0.445 e. The Labute approximate surface area is 106 Å². The molecule has 1 aliphatic rings. The second-order valence-electron chi connectivity index (χ2n) is 4.46. The molecule has 1 aliphatic heterocycles. The first-order chi connectivity index (χ1) is 8.70. The van der Waals surface area contributed by atoms with Gasteiger partial charge in [-0.2, -0.15) is 0 Å². The molecular weight excluding hydrogens is 234 g/mol. The van der Waals surface area contributed by atoms with Crippen molar-refractivity contribution in [3.05, 3.63) is 35.9 Å². The SMILES string of the molecule is O=C(OCc1ccccc1)N1C[C@H](CO)[C@H](O)C1. The van der Waals surface area contributed by atoms with E-state index in [0.717, 1.165) is 5.56 Å². The molecule has 98 valence electrons. The molecule has 1 fully saturated rings. The maximum Gasteiger partial charge on any atom is 0.410 e. The van der Waals surface area contributed by atoms with Crippen LogP contribution in [0.4, 0.5) is 4.79 Å². The number of aliphatic hydroxyl groups is 2. The lowest BCUT2D eigenvalue weighted by atomic mass is 10.1. The molecule has 1 amide bonds. The molecule has 5 heteroatoms. The van der Waals surface area contributed by atoms with E-state index in [2.05, 4.69) is 0 Å². The van der Waals surface area contributed by atoms with E-state index in [-0.39, 0.29) is 25.7 Å². The van der Waals surface area contributed by atoms with Crippen LogP contribution in [-0.4, -0.2) is 47.0 Å². The highest BCUT2D eigenvalue weighted by Crippen LogP contribution is 2.17. The summed E-state index contributed by atoms with van der Waals surface area (Å²) in [7, 11) is 0. The van der Waals surface area contributed by atoms with Crippen LogP contribution in [0.5, 0.6) is 0 Å². The van der Waals surface area contributed by atoms with Crippen molar-refractivity contribution >= 4 is 6.09 Å². The zero-order valence-electron chi connectivity index (χ0n) is 10.0. The monoisotopic (exact) mass is 251 g/mol. The van der Waals surface area contributed by atoms with Gasteiger partial charge in [0.15, 0.2) is 0 Å². The van der Waals surface area contributed by atoms with E-state index >= 15 is 0 Å². The summed E-state index contributed by atoms with van der Waals surface area (Å²) in [6.07, 6.45) is -1.12. The van der Waals surface area contributed by atoms with E-state index in [1.54, 1.807) is 0 Å². The third-order valence-electron chi connectivity index (χ3n) is 3.10. The molecule has 0 unspecified atom stereocenters. The fourth-order valence-corrected chi connectivity index (χ4v) is 1.99. The molecule has 2 N–H and O–H groups in total. The van der Waals surface area contributed by atoms with Gasteiger partial charge in [0.2, 0.25) is 0 Å². The average Bonchev–Trinajstić information content (AvgIpc) is 2.78. The van der Waals surface area contributed by atoms with Gasteiger partial charge in [0.05, 0.1) is 19.3 Å². The van der Waals surface area contributed by atoms with Gasteiger partial charge in [-0.15, -0.1) is 0 Å². The molecule has 0 bridgehead atoms. The van der Waals surface area contributed by atoms with Crippen molar-refractivity contribution in [2.75, 3.05) is 19.7 Å². The zero-order valence-corrected chi connectivity index (χ0v) is 10.0. The molecule has 2 rings (SSSR count). The van der Waals surface area contributed by atoms with Crippen LogP contribution >= 0.6 is 0 Å². The topological polar surface area (TPSA) is 70.0 Å². The van der Waals surface area contributed by atoms with Gasteiger partial charge in [-0.25, -0.2) is 4.79 Å². The van der Waals surface area contributed by atoms with Gasteiger partial charge >= 0.3 is 6.09 Å². The third kappa shape index (κ3) is 3.00. The lowest BCUT2D eigenvalue weighted by Gasteiger charge is -2.15. The van der Waals surface area contributed by atoms with Crippen molar-refractivity contribution in [1.29, 1.82) is 0 Å². The van der Waals surface area contributed by atoms with Gasteiger partial charge in [-0.05, 0) is 5.56 Å². The molecule has 5 nitrogen and oxygen atoms in total. The fraction of sp³-hybridized carbons (Fsp3) is 0.462. The summed E-state index contributed by atoms with van der Waals surface area (Å²) in [5.41, 5.74) is 0.921. The predicted octanol–water partition coefficient (Wildman–Crippen LogP) is 0.608. The Balaban J connectivity index is 1.82. The highest BCUT2D eigenvalue weighted by Gasteiger charge is 2.34. The lowest BCUT2D eigenvalue weighted by Crippen LogP contribution is -2.30. The number of ether oxygens (including phenoxy) is 1. The Morgan fingerprint density at radius 1 is 1.33 bits per heavy atom.